The van der Waals surface area contributed by atoms with E-state index in [9.17, 15) is 14.9 Å². The van der Waals surface area contributed by atoms with Crippen LogP contribution in [0.4, 0.5) is 23.0 Å². The fourth-order valence-corrected chi connectivity index (χ4v) is 2.67. The van der Waals surface area contributed by atoms with Crippen LogP contribution in [0.5, 0.6) is 0 Å². The molecule has 0 radical (unpaired) electrons. The number of non-ortho nitro benzene ring substituents is 1. The minimum atomic E-state index is -0.495. The molecule has 0 saturated carbocycles. The third-order valence-electron chi connectivity index (χ3n) is 4.07. The van der Waals surface area contributed by atoms with Crippen molar-refractivity contribution in [3.05, 3.63) is 81.2 Å². The van der Waals surface area contributed by atoms with Crippen LogP contribution in [-0.4, -0.2) is 20.8 Å². The number of nitro groups is 1. The number of amides is 1. The molecule has 0 fully saturated rings. The second-order valence-corrected chi connectivity index (χ2v) is 6.39. The number of benzene rings is 2. The zero-order chi connectivity index (χ0) is 20.3. The Labute approximate surface area is 161 Å². The van der Waals surface area contributed by atoms with Crippen LogP contribution in [0.25, 0.3) is 0 Å². The van der Waals surface area contributed by atoms with Crippen LogP contribution < -0.4 is 10.6 Å². The van der Waals surface area contributed by atoms with Gasteiger partial charge in [-0.05, 0) is 56.7 Å². The van der Waals surface area contributed by atoms with Crippen LogP contribution in [0.3, 0.4) is 0 Å². The summed E-state index contributed by atoms with van der Waals surface area (Å²) in [5, 5.41) is 16.7. The zero-order valence-corrected chi connectivity index (χ0v) is 15.7. The van der Waals surface area contributed by atoms with Gasteiger partial charge in [0.25, 0.3) is 11.6 Å². The van der Waals surface area contributed by atoms with Gasteiger partial charge in [-0.15, -0.1) is 0 Å². The summed E-state index contributed by atoms with van der Waals surface area (Å²) >= 11 is 0. The molecule has 1 aromatic heterocycles. The Morgan fingerprint density at radius 1 is 0.964 bits per heavy atom. The highest BCUT2D eigenvalue weighted by Crippen LogP contribution is 2.23. The molecule has 3 aromatic rings. The van der Waals surface area contributed by atoms with Gasteiger partial charge in [0.1, 0.15) is 0 Å². The molecule has 0 bridgehead atoms. The molecule has 0 spiro atoms. The summed E-state index contributed by atoms with van der Waals surface area (Å²) in [6.45, 7) is 5.56. The number of carbonyl (C=O) groups excluding carboxylic acids is 1. The number of carbonyl (C=O) groups is 1. The van der Waals surface area contributed by atoms with Gasteiger partial charge in [-0.1, -0.05) is 6.07 Å². The van der Waals surface area contributed by atoms with Gasteiger partial charge in [0.15, 0.2) is 0 Å². The van der Waals surface area contributed by atoms with Gasteiger partial charge in [0.2, 0.25) is 5.95 Å². The van der Waals surface area contributed by atoms with Gasteiger partial charge in [0.05, 0.1) is 10.6 Å². The SMILES string of the molecule is Cc1cc(C)nc(Nc2ccc(C(=O)Nc3cc([N+](=O)[O-])ccc3C)cc2)n1. The Kier molecular flexibility index (Phi) is 5.30. The van der Waals surface area contributed by atoms with Crippen LogP contribution in [0.2, 0.25) is 0 Å². The summed E-state index contributed by atoms with van der Waals surface area (Å²) in [6, 6.07) is 13.0. The smallest absolute Gasteiger partial charge is 0.271 e. The lowest BCUT2D eigenvalue weighted by Gasteiger charge is -2.10. The van der Waals surface area contributed by atoms with E-state index in [1.54, 1.807) is 37.3 Å². The first-order valence-electron chi connectivity index (χ1n) is 8.57. The molecule has 2 N–H and O–H groups in total. The van der Waals surface area contributed by atoms with Crippen molar-refractivity contribution in [3.63, 3.8) is 0 Å². The highest BCUT2D eigenvalue weighted by molar-refractivity contribution is 6.05. The highest BCUT2D eigenvalue weighted by atomic mass is 16.6. The van der Waals surface area contributed by atoms with Crippen molar-refractivity contribution < 1.29 is 9.72 Å². The van der Waals surface area contributed by atoms with E-state index in [0.717, 1.165) is 22.6 Å². The fourth-order valence-electron chi connectivity index (χ4n) is 2.67. The molecule has 28 heavy (non-hydrogen) atoms. The Morgan fingerprint density at radius 2 is 1.61 bits per heavy atom. The van der Waals surface area contributed by atoms with E-state index in [2.05, 4.69) is 20.6 Å². The molecule has 0 aliphatic carbocycles. The number of hydrogen-bond acceptors (Lipinski definition) is 6. The molecule has 0 aliphatic rings. The van der Waals surface area contributed by atoms with E-state index in [0.29, 0.717) is 17.2 Å². The van der Waals surface area contributed by atoms with E-state index in [4.69, 9.17) is 0 Å². The third-order valence-corrected chi connectivity index (χ3v) is 4.07. The van der Waals surface area contributed by atoms with Crippen molar-refractivity contribution >= 4 is 28.9 Å². The molecule has 1 amide bonds. The normalized spacial score (nSPS) is 10.4. The van der Waals surface area contributed by atoms with Gasteiger partial charge < -0.3 is 10.6 Å². The summed E-state index contributed by atoms with van der Waals surface area (Å²) in [7, 11) is 0. The molecule has 1 heterocycles. The van der Waals surface area contributed by atoms with Gasteiger partial charge in [-0.25, -0.2) is 9.97 Å². The summed E-state index contributed by atoms with van der Waals surface area (Å²) in [5.41, 5.74) is 3.96. The minimum absolute atomic E-state index is 0.0751. The van der Waals surface area contributed by atoms with E-state index >= 15 is 0 Å². The largest absolute Gasteiger partial charge is 0.324 e. The maximum Gasteiger partial charge on any atom is 0.271 e. The maximum atomic E-state index is 12.5. The van der Waals surface area contributed by atoms with Crippen molar-refractivity contribution in [2.45, 2.75) is 20.8 Å². The van der Waals surface area contributed by atoms with E-state index in [1.165, 1.54) is 12.1 Å². The van der Waals surface area contributed by atoms with Crippen LogP contribution in [-0.2, 0) is 0 Å². The molecule has 3 rings (SSSR count). The number of rotatable bonds is 5. The molecular weight excluding hydrogens is 358 g/mol. The second kappa shape index (κ2) is 7.83. The molecule has 0 unspecified atom stereocenters. The number of hydrogen-bond donors (Lipinski definition) is 2. The van der Waals surface area contributed by atoms with Gasteiger partial charge in [0, 0.05) is 34.8 Å². The molecule has 8 nitrogen and oxygen atoms in total. The summed E-state index contributed by atoms with van der Waals surface area (Å²) in [6.07, 6.45) is 0. The van der Waals surface area contributed by atoms with Crippen LogP contribution in [0, 0.1) is 30.9 Å². The third kappa shape index (κ3) is 4.47. The predicted octanol–water partition coefficient (Wildman–Crippen LogP) is 4.31. The van der Waals surface area contributed by atoms with Crippen LogP contribution >= 0.6 is 0 Å². The van der Waals surface area contributed by atoms with Crippen molar-refractivity contribution in [3.8, 4) is 0 Å². The lowest BCUT2D eigenvalue weighted by molar-refractivity contribution is -0.384. The Balaban J connectivity index is 1.73. The second-order valence-electron chi connectivity index (χ2n) is 6.39. The molecule has 8 heteroatoms. The quantitative estimate of drug-likeness (QED) is 0.506. The molecular formula is C20H19N5O3. The lowest BCUT2D eigenvalue weighted by Crippen LogP contribution is -2.13. The van der Waals surface area contributed by atoms with Crippen molar-refractivity contribution in [1.29, 1.82) is 0 Å². The zero-order valence-electron chi connectivity index (χ0n) is 15.7. The van der Waals surface area contributed by atoms with E-state index < -0.39 is 4.92 Å². The average molecular weight is 377 g/mol. The molecule has 2 aromatic carbocycles. The van der Waals surface area contributed by atoms with Crippen molar-refractivity contribution in [1.82, 2.24) is 9.97 Å². The predicted molar refractivity (Wildman–Crippen MR) is 107 cm³/mol. The molecule has 0 saturated heterocycles. The van der Waals surface area contributed by atoms with E-state index in [1.807, 2.05) is 19.9 Å². The standard InChI is InChI=1S/C20H19N5O3/c1-12-4-9-17(25(27)28)11-18(12)24-19(26)15-5-7-16(8-6-15)23-20-21-13(2)10-14(3)22-20/h4-11H,1-3H3,(H,24,26)(H,21,22,23). The van der Waals surface area contributed by atoms with Crippen molar-refractivity contribution in [2.75, 3.05) is 10.6 Å². The number of aryl methyl sites for hydroxylation is 3. The Hall–Kier alpha value is -3.81. The summed E-state index contributed by atoms with van der Waals surface area (Å²) < 4.78 is 0. The van der Waals surface area contributed by atoms with Crippen LogP contribution in [0.1, 0.15) is 27.3 Å². The fraction of sp³-hybridized carbons (Fsp3) is 0.150. The minimum Gasteiger partial charge on any atom is -0.324 e. The molecule has 0 aliphatic heterocycles. The lowest BCUT2D eigenvalue weighted by atomic mass is 10.1. The first-order chi connectivity index (χ1) is 13.3. The van der Waals surface area contributed by atoms with Gasteiger partial charge >= 0.3 is 0 Å². The molecule has 142 valence electrons. The van der Waals surface area contributed by atoms with Crippen molar-refractivity contribution in [2.24, 2.45) is 0 Å². The van der Waals surface area contributed by atoms with Gasteiger partial charge in [-0.3, -0.25) is 14.9 Å². The molecule has 0 atom stereocenters. The van der Waals surface area contributed by atoms with Gasteiger partial charge in [-0.2, -0.15) is 0 Å². The van der Waals surface area contributed by atoms with Crippen LogP contribution in [0.15, 0.2) is 48.5 Å². The monoisotopic (exact) mass is 377 g/mol. The number of nitrogens with one attached hydrogen (secondary N) is 2. The number of anilines is 3. The Bertz CT molecular complexity index is 1030. The average Bonchev–Trinajstić information content (AvgIpc) is 2.63. The highest BCUT2D eigenvalue weighted by Gasteiger charge is 2.12. The number of nitrogens with zero attached hydrogens (tertiary/aromatic N) is 3. The first-order valence-corrected chi connectivity index (χ1v) is 8.57. The Morgan fingerprint density at radius 3 is 2.21 bits per heavy atom. The maximum absolute atomic E-state index is 12.5. The summed E-state index contributed by atoms with van der Waals surface area (Å²) in [4.78, 5) is 31.5. The first kappa shape index (κ1) is 19.0. The topological polar surface area (TPSA) is 110 Å². The summed E-state index contributed by atoms with van der Waals surface area (Å²) in [5.74, 6) is 0.139. The van der Waals surface area contributed by atoms with E-state index in [-0.39, 0.29) is 11.6 Å². The number of nitro benzene ring substituents is 1. The number of aromatic nitrogens is 2.